The molecule has 0 saturated carbocycles. The molecular weight excluding hydrogens is 166 g/mol. The topological polar surface area (TPSA) is 47.3 Å². The SMILES string of the molecule is CN1CCN(CC#N)C(C)(C)C1=O. The van der Waals surface area contributed by atoms with Crippen LogP contribution in [0.3, 0.4) is 0 Å². The third-order valence-corrected chi connectivity index (χ3v) is 2.63. The minimum absolute atomic E-state index is 0.0917. The lowest BCUT2D eigenvalue weighted by Crippen LogP contribution is -2.61. The summed E-state index contributed by atoms with van der Waals surface area (Å²) < 4.78 is 0. The van der Waals surface area contributed by atoms with Crippen LogP contribution in [0.1, 0.15) is 13.8 Å². The van der Waals surface area contributed by atoms with E-state index in [9.17, 15) is 4.79 Å². The third kappa shape index (κ3) is 1.65. The fraction of sp³-hybridized carbons (Fsp3) is 0.778. The molecule has 1 aliphatic heterocycles. The van der Waals surface area contributed by atoms with Gasteiger partial charge in [-0.05, 0) is 13.8 Å². The molecule has 1 fully saturated rings. The van der Waals surface area contributed by atoms with Crippen LogP contribution in [-0.2, 0) is 4.79 Å². The lowest BCUT2D eigenvalue weighted by molar-refractivity contribution is -0.146. The van der Waals surface area contributed by atoms with Gasteiger partial charge in [-0.2, -0.15) is 5.26 Å². The molecule has 0 N–H and O–H groups in total. The molecule has 0 aromatic heterocycles. The molecule has 4 nitrogen and oxygen atoms in total. The number of likely N-dealkylation sites (N-methyl/N-ethyl adjacent to an activating group) is 1. The van der Waals surface area contributed by atoms with E-state index in [2.05, 4.69) is 6.07 Å². The first-order chi connectivity index (χ1) is 6.00. The largest absolute Gasteiger partial charge is 0.343 e. The quantitative estimate of drug-likeness (QED) is 0.537. The number of nitriles is 1. The van der Waals surface area contributed by atoms with Crippen LogP contribution in [0, 0.1) is 11.3 Å². The Morgan fingerprint density at radius 1 is 1.54 bits per heavy atom. The maximum Gasteiger partial charge on any atom is 0.242 e. The Hall–Kier alpha value is -1.08. The average Bonchev–Trinajstić information content (AvgIpc) is 2.07. The Bertz CT molecular complexity index is 254. The van der Waals surface area contributed by atoms with Crippen LogP contribution in [0.2, 0.25) is 0 Å². The molecule has 1 heterocycles. The summed E-state index contributed by atoms with van der Waals surface area (Å²) in [5.74, 6) is 0.0917. The van der Waals surface area contributed by atoms with Gasteiger partial charge in [-0.15, -0.1) is 0 Å². The Balaban J connectivity index is 2.81. The highest BCUT2D eigenvalue weighted by atomic mass is 16.2. The Morgan fingerprint density at radius 2 is 2.15 bits per heavy atom. The van der Waals surface area contributed by atoms with E-state index in [0.29, 0.717) is 13.1 Å². The summed E-state index contributed by atoms with van der Waals surface area (Å²) >= 11 is 0. The van der Waals surface area contributed by atoms with Gasteiger partial charge in [-0.3, -0.25) is 9.69 Å². The van der Waals surface area contributed by atoms with Crippen LogP contribution in [0.4, 0.5) is 0 Å². The zero-order chi connectivity index (χ0) is 10.1. The molecule has 0 unspecified atom stereocenters. The summed E-state index contributed by atoms with van der Waals surface area (Å²) in [5, 5.41) is 8.59. The van der Waals surface area contributed by atoms with Crippen molar-refractivity contribution < 1.29 is 4.79 Å². The van der Waals surface area contributed by atoms with Crippen molar-refractivity contribution in [3.8, 4) is 6.07 Å². The molecule has 1 saturated heterocycles. The number of nitrogens with zero attached hydrogens (tertiary/aromatic N) is 3. The van der Waals surface area contributed by atoms with Crippen molar-refractivity contribution in [2.75, 3.05) is 26.7 Å². The van der Waals surface area contributed by atoms with Crippen LogP contribution in [0.5, 0.6) is 0 Å². The summed E-state index contributed by atoms with van der Waals surface area (Å²) in [7, 11) is 1.80. The van der Waals surface area contributed by atoms with Crippen molar-refractivity contribution in [3.05, 3.63) is 0 Å². The zero-order valence-corrected chi connectivity index (χ0v) is 8.37. The van der Waals surface area contributed by atoms with Crippen molar-refractivity contribution in [2.45, 2.75) is 19.4 Å². The van der Waals surface area contributed by atoms with Crippen molar-refractivity contribution >= 4 is 5.91 Å². The summed E-state index contributed by atoms with van der Waals surface area (Å²) in [5.41, 5.74) is -0.525. The number of piperazine rings is 1. The number of amides is 1. The number of rotatable bonds is 1. The van der Waals surface area contributed by atoms with Gasteiger partial charge in [0, 0.05) is 20.1 Å². The van der Waals surface area contributed by atoms with Gasteiger partial charge in [0.25, 0.3) is 0 Å². The average molecular weight is 181 g/mol. The standard InChI is InChI=1S/C9H15N3O/c1-9(2)8(13)11(3)6-7-12(9)5-4-10/h5-7H2,1-3H3. The van der Waals surface area contributed by atoms with E-state index in [-0.39, 0.29) is 5.91 Å². The van der Waals surface area contributed by atoms with Crippen LogP contribution in [-0.4, -0.2) is 47.9 Å². The number of hydrogen-bond donors (Lipinski definition) is 0. The lowest BCUT2D eigenvalue weighted by atomic mass is 9.98. The van der Waals surface area contributed by atoms with E-state index < -0.39 is 5.54 Å². The second-order valence-corrected chi connectivity index (χ2v) is 3.87. The van der Waals surface area contributed by atoms with Gasteiger partial charge in [-0.1, -0.05) is 0 Å². The zero-order valence-electron chi connectivity index (χ0n) is 8.37. The van der Waals surface area contributed by atoms with Gasteiger partial charge in [0.05, 0.1) is 18.2 Å². The predicted octanol–water partition coefficient (Wildman–Crippen LogP) is 0.0626. The molecule has 13 heavy (non-hydrogen) atoms. The third-order valence-electron chi connectivity index (χ3n) is 2.63. The normalized spacial score (nSPS) is 22.9. The van der Waals surface area contributed by atoms with E-state index >= 15 is 0 Å². The minimum Gasteiger partial charge on any atom is -0.343 e. The first-order valence-electron chi connectivity index (χ1n) is 4.37. The van der Waals surface area contributed by atoms with Crippen molar-refractivity contribution in [1.29, 1.82) is 5.26 Å². The van der Waals surface area contributed by atoms with Crippen LogP contribution >= 0.6 is 0 Å². The molecule has 1 rings (SSSR count). The predicted molar refractivity (Wildman–Crippen MR) is 48.9 cm³/mol. The molecule has 0 bridgehead atoms. The van der Waals surface area contributed by atoms with Crippen LogP contribution in [0.25, 0.3) is 0 Å². The van der Waals surface area contributed by atoms with E-state index in [1.165, 1.54) is 0 Å². The molecule has 1 aliphatic rings. The van der Waals surface area contributed by atoms with E-state index in [4.69, 9.17) is 5.26 Å². The molecule has 0 radical (unpaired) electrons. The summed E-state index contributed by atoms with van der Waals surface area (Å²) in [4.78, 5) is 15.3. The molecule has 4 heteroatoms. The fourth-order valence-electron chi connectivity index (χ4n) is 1.62. The minimum atomic E-state index is -0.525. The van der Waals surface area contributed by atoms with E-state index in [1.807, 2.05) is 18.7 Å². The Morgan fingerprint density at radius 3 is 2.69 bits per heavy atom. The second kappa shape index (κ2) is 3.35. The van der Waals surface area contributed by atoms with Crippen molar-refractivity contribution in [2.24, 2.45) is 0 Å². The van der Waals surface area contributed by atoms with E-state index in [0.717, 1.165) is 6.54 Å². The molecule has 0 spiro atoms. The molecule has 0 aliphatic carbocycles. The molecule has 0 aromatic carbocycles. The number of carbonyl (C=O) groups is 1. The highest BCUT2D eigenvalue weighted by Gasteiger charge is 2.39. The van der Waals surface area contributed by atoms with Gasteiger partial charge in [-0.25, -0.2) is 0 Å². The maximum absolute atomic E-state index is 11.7. The maximum atomic E-state index is 11.7. The molecule has 0 atom stereocenters. The highest BCUT2D eigenvalue weighted by Crippen LogP contribution is 2.20. The van der Waals surface area contributed by atoms with Crippen LogP contribution < -0.4 is 0 Å². The number of hydrogen-bond acceptors (Lipinski definition) is 3. The van der Waals surface area contributed by atoms with Crippen molar-refractivity contribution in [3.63, 3.8) is 0 Å². The van der Waals surface area contributed by atoms with Crippen molar-refractivity contribution in [1.82, 2.24) is 9.80 Å². The monoisotopic (exact) mass is 181 g/mol. The second-order valence-electron chi connectivity index (χ2n) is 3.87. The van der Waals surface area contributed by atoms with Gasteiger partial charge in [0.15, 0.2) is 0 Å². The first-order valence-corrected chi connectivity index (χ1v) is 4.37. The van der Waals surface area contributed by atoms with Gasteiger partial charge >= 0.3 is 0 Å². The summed E-state index contributed by atoms with van der Waals surface area (Å²) in [6, 6.07) is 2.08. The smallest absolute Gasteiger partial charge is 0.242 e. The molecular formula is C9H15N3O. The van der Waals surface area contributed by atoms with Crippen LogP contribution in [0.15, 0.2) is 0 Å². The fourth-order valence-corrected chi connectivity index (χ4v) is 1.62. The first kappa shape index (κ1) is 10.0. The van der Waals surface area contributed by atoms with Gasteiger partial charge in [0.1, 0.15) is 0 Å². The number of carbonyl (C=O) groups excluding carboxylic acids is 1. The molecule has 0 aromatic rings. The molecule has 72 valence electrons. The summed E-state index contributed by atoms with van der Waals surface area (Å²) in [6.45, 7) is 5.55. The van der Waals surface area contributed by atoms with Gasteiger partial charge in [0.2, 0.25) is 5.91 Å². The van der Waals surface area contributed by atoms with Gasteiger partial charge < -0.3 is 4.90 Å². The van der Waals surface area contributed by atoms with E-state index in [1.54, 1.807) is 11.9 Å². The highest BCUT2D eigenvalue weighted by molar-refractivity contribution is 5.86. The summed E-state index contributed by atoms with van der Waals surface area (Å²) in [6.07, 6.45) is 0. The Labute approximate surface area is 78.7 Å². The molecule has 1 amide bonds. The lowest BCUT2D eigenvalue weighted by Gasteiger charge is -2.43. The Kier molecular flexibility index (Phi) is 2.58.